The summed E-state index contributed by atoms with van der Waals surface area (Å²) in [5.74, 6) is -0.406. The second-order valence-electron chi connectivity index (χ2n) is 2.18. The Morgan fingerprint density at radius 2 is 2.40 bits per heavy atom. The molecule has 1 heterocycles. The highest BCUT2D eigenvalue weighted by molar-refractivity contribution is 5.74. The van der Waals surface area contributed by atoms with E-state index in [1.165, 1.54) is 7.11 Å². The third-order valence-corrected chi connectivity index (χ3v) is 1.46. The molecule has 0 amide bonds. The number of aliphatic hydroxyl groups excluding tert-OH is 1. The number of methoxy groups -OCH3 is 1. The van der Waals surface area contributed by atoms with Gasteiger partial charge in [0.25, 0.3) is 0 Å². The molecule has 4 heteroatoms. The van der Waals surface area contributed by atoms with Gasteiger partial charge in [-0.2, -0.15) is 0 Å². The maximum absolute atomic E-state index is 10.7. The number of esters is 1. The fourth-order valence-electron chi connectivity index (χ4n) is 0.925. The van der Waals surface area contributed by atoms with Crippen LogP contribution in [-0.2, 0) is 14.3 Å². The second-order valence-corrected chi connectivity index (χ2v) is 2.18. The van der Waals surface area contributed by atoms with E-state index in [1.807, 2.05) is 0 Å². The zero-order valence-corrected chi connectivity index (χ0v) is 5.74. The minimum absolute atomic E-state index is 0.406. The first-order chi connectivity index (χ1) is 4.74. The van der Waals surface area contributed by atoms with Crippen LogP contribution < -0.4 is 0 Å². The maximum atomic E-state index is 10.7. The molecule has 0 aromatic carbocycles. The van der Waals surface area contributed by atoms with Gasteiger partial charge in [0.05, 0.1) is 7.11 Å². The molecule has 2 atom stereocenters. The van der Waals surface area contributed by atoms with E-state index in [2.05, 4.69) is 4.74 Å². The van der Waals surface area contributed by atoms with Crippen LogP contribution in [0, 0.1) is 0 Å². The molecule has 1 N–H and O–H groups in total. The SMILES string of the molecule is COC(=O)[C@H]1CC[C@H](O)O1. The third-order valence-electron chi connectivity index (χ3n) is 1.46. The Labute approximate surface area is 58.7 Å². The van der Waals surface area contributed by atoms with Crippen molar-refractivity contribution in [1.29, 1.82) is 0 Å². The van der Waals surface area contributed by atoms with Crippen LogP contribution in [0.5, 0.6) is 0 Å². The van der Waals surface area contributed by atoms with Gasteiger partial charge in [0.15, 0.2) is 12.4 Å². The molecular weight excluding hydrogens is 136 g/mol. The molecule has 1 fully saturated rings. The van der Waals surface area contributed by atoms with Crippen LogP contribution in [0.2, 0.25) is 0 Å². The average molecular weight is 146 g/mol. The molecule has 1 aliphatic rings. The quantitative estimate of drug-likeness (QED) is 0.514. The van der Waals surface area contributed by atoms with Crippen LogP contribution in [0.15, 0.2) is 0 Å². The van der Waals surface area contributed by atoms with Crippen molar-refractivity contribution in [2.75, 3.05) is 7.11 Å². The number of carbonyl (C=O) groups excluding carboxylic acids is 1. The number of carbonyl (C=O) groups is 1. The largest absolute Gasteiger partial charge is 0.467 e. The van der Waals surface area contributed by atoms with E-state index in [9.17, 15) is 4.79 Å². The van der Waals surface area contributed by atoms with E-state index >= 15 is 0 Å². The molecule has 1 rings (SSSR count). The smallest absolute Gasteiger partial charge is 0.335 e. The molecule has 0 radical (unpaired) electrons. The molecular formula is C6H10O4. The summed E-state index contributed by atoms with van der Waals surface area (Å²) in [6, 6.07) is 0. The van der Waals surface area contributed by atoms with Gasteiger partial charge in [-0.1, -0.05) is 0 Å². The molecule has 1 aliphatic heterocycles. The lowest BCUT2D eigenvalue weighted by atomic mass is 10.2. The van der Waals surface area contributed by atoms with Crippen molar-refractivity contribution in [2.24, 2.45) is 0 Å². The number of ether oxygens (including phenoxy) is 2. The van der Waals surface area contributed by atoms with Crippen LogP contribution in [0.1, 0.15) is 12.8 Å². The van der Waals surface area contributed by atoms with Crippen LogP contribution in [0.25, 0.3) is 0 Å². The van der Waals surface area contributed by atoms with Crippen LogP contribution in [0.4, 0.5) is 0 Å². The minimum Gasteiger partial charge on any atom is -0.467 e. The standard InChI is InChI=1S/C6H10O4/c1-9-6(8)4-2-3-5(7)10-4/h4-5,7H,2-3H2,1H3/t4-,5-/m1/s1. The summed E-state index contributed by atoms with van der Waals surface area (Å²) < 4.78 is 9.20. The zero-order valence-electron chi connectivity index (χ0n) is 5.74. The van der Waals surface area contributed by atoms with Gasteiger partial charge >= 0.3 is 5.97 Å². The fourth-order valence-corrected chi connectivity index (χ4v) is 0.925. The summed E-state index contributed by atoms with van der Waals surface area (Å²) in [6.07, 6.45) is -0.280. The molecule has 58 valence electrons. The van der Waals surface area contributed by atoms with Crippen molar-refractivity contribution in [3.63, 3.8) is 0 Å². The van der Waals surface area contributed by atoms with Gasteiger partial charge in [-0.25, -0.2) is 4.79 Å². The molecule has 0 aromatic heterocycles. The van der Waals surface area contributed by atoms with Gasteiger partial charge < -0.3 is 14.6 Å². The zero-order chi connectivity index (χ0) is 7.56. The molecule has 10 heavy (non-hydrogen) atoms. The van der Waals surface area contributed by atoms with E-state index in [0.29, 0.717) is 12.8 Å². The Morgan fingerprint density at radius 3 is 2.80 bits per heavy atom. The van der Waals surface area contributed by atoms with Gasteiger partial charge in [0.1, 0.15) is 0 Å². The molecule has 0 unspecified atom stereocenters. The third kappa shape index (κ3) is 1.46. The highest BCUT2D eigenvalue weighted by Crippen LogP contribution is 2.17. The fraction of sp³-hybridized carbons (Fsp3) is 0.833. The van der Waals surface area contributed by atoms with Crippen LogP contribution >= 0.6 is 0 Å². The van der Waals surface area contributed by atoms with Crippen molar-refractivity contribution in [3.05, 3.63) is 0 Å². The van der Waals surface area contributed by atoms with Crippen LogP contribution in [-0.4, -0.2) is 30.6 Å². The minimum atomic E-state index is -0.788. The van der Waals surface area contributed by atoms with Crippen molar-refractivity contribution >= 4 is 5.97 Å². The topological polar surface area (TPSA) is 55.8 Å². The summed E-state index contributed by atoms with van der Waals surface area (Å²) in [6.45, 7) is 0. The molecule has 4 nitrogen and oxygen atoms in total. The number of aliphatic hydroxyl groups is 1. The Bertz CT molecular complexity index is 134. The Balaban J connectivity index is 2.37. The maximum Gasteiger partial charge on any atom is 0.335 e. The van der Waals surface area contributed by atoms with Gasteiger partial charge in [-0.15, -0.1) is 0 Å². The van der Waals surface area contributed by atoms with E-state index in [-0.39, 0.29) is 0 Å². The molecule has 1 saturated heterocycles. The first-order valence-electron chi connectivity index (χ1n) is 3.15. The number of hydrogen-bond acceptors (Lipinski definition) is 4. The molecule has 0 bridgehead atoms. The highest BCUT2D eigenvalue weighted by Gasteiger charge is 2.29. The summed E-state index contributed by atoms with van der Waals surface area (Å²) in [4.78, 5) is 10.7. The number of hydrogen-bond donors (Lipinski definition) is 1. The molecule has 0 spiro atoms. The Morgan fingerprint density at radius 1 is 1.70 bits per heavy atom. The monoisotopic (exact) mass is 146 g/mol. The summed E-state index contributed by atoms with van der Waals surface area (Å²) >= 11 is 0. The van der Waals surface area contributed by atoms with Crippen molar-refractivity contribution in [3.8, 4) is 0 Å². The summed E-state index contributed by atoms with van der Waals surface area (Å²) in [7, 11) is 1.30. The first kappa shape index (κ1) is 7.50. The van der Waals surface area contributed by atoms with Gasteiger partial charge in [0.2, 0.25) is 0 Å². The lowest BCUT2D eigenvalue weighted by Crippen LogP contribution is -2.22. The van der Waals surface area contributed by atoms with Crippen molar-refractivity contribution in [1.82, 2.24) is 0 Å². The van der Waals surface area contributed by atoms with E-state index in [1.54, 1.807) is 0 Å². The lowest BCUT2D eigenvalue weighted by Gasteiger charge is -2.06. The molecule has 0 aromatic rings. The summed E-state index contributed by atoms with van der Waals surface area (Å²) in [5.41, 5.74) is 0. The van der Waals surface area contributed by atoms with Crippen molar-refractivity contribution in [2.45, 2.75) is 25.2 Å². The van der Waals surface area contributed by atoms with Gasteiger partial charge in [0, 0.05) is 6.42 Å². The summed E-state index contributed by atoms with van der Waals surface area (Å²) in [5, 5.41) is 8.81. The van der Waals surface area contributed by atoms with E-state index < -0.39 is 18.4 Å². The van der Waals surface area contributed by atoms with E-state index in [0.717, 1.165) is 0 Å². The van der Waals surface area contributed by atoms with Crippen LogP contribution in [0.3, 0.4) is 0 Å². The Hall–Kier alpha value is -0.610. The number of rotatable bonds is 1. The average Bonchev–Trinajstić information content (AvgIpc) is 2.34. The lowest BCUT2D eigenvalue weighted by molar-refractivity contribution is -0.162. The molecule has 0 saturated carbocycles. The molecule has 0 aliphatic carbocycles. The Kier molecular flexibility index (Phi) is 2.24. The van der Waals surface area contributed by atoms with Gasteiger partial charge in [-0.3, -0.25) is 0 Å². The highest BCUT2D eigenvalue weighted by atomic mass is 16.6. The van der Waals surface area contributed by atoms with Crippen molar-refractivity contribution < 1.29 is 19.4 Å². The predicted octanol–water partition coefficient (Wildman–Crippen LogP) is -0.343. The van der Waals surface area contributed by atoms with E-state index in [4.69, 9.17) is 9.84 Å². The van der Waals surface area contributed by atoms with Gasteiger partial charge in [-0.05, 0) is 6.42 Å². The predicted molar refractivity (Wildman–Crippen MR) is 32.1 cm³/mol. The second kappa shape index (κ2) is 2.98. The normalized spacial score (nSPS) is 32.2. The first-order valence-corrected chi connectivity index (χ1v) is 3.15.